The molecule has 0 radical (unpaired) electrons. The summed E-state index contributed by atoms with van der Waals surface area (Å²) in [5.41, 5.74) is 0.0710. The normalized spacial score (nSPS) is 25.6. The first kappa shape index (κ1) is 16.7. The number of aryl methyl sites for hydroxylation is 1. The average molecular weight is 310 g/mol. The van der Waals surface area contributed by atoms with Crippen molar-refractivity contribution in [3.05, 3.63) is 33.7 Å². The van der Waals surface area contributed by atoms with Gasteiger partial charge in [-0.05, 0) is 13.3 Å². The van der Waals surface area contributed by atoms with E-state index in [1.165, 1.54) is 6.08 Å². The second kappa shape index (κ2) is 7.04. The minimum absolute atomic E-state index is 0.129. The van der Waals surface area contributed by atoms with E-state index < -0.39 is 18.4 Å². The number of hydrogen-bond acceptors (Lipinski definition) is 6. The molecule has 3 N–H and O–H groups in total. The molecule has 0 aliphatic carbocycles. The molecule has 7 heteroatoms. The fraction of sp³-hybridized carbons (Fsp3) is 0.600. The highest BCUT2D eigenvalue weighted by Crippen LogP contribution is 2.29. The summed E-state index contributed by atoms with van der Waals surface area (Å²) in [7, 11) is 0. The fourth-order valence-corrected chi connectivity index (χ4v) is 2.44. The summed E-state index contributed by atoms with van der Waals surface area (Å²) >= 11 is 0. The van der Waals surface area contributed by atoms with Crippen LogP contribution in [0.1, 0.15) is 43.8 Å². The van der Waals surface area contributed by atoms with E-state index in [0.717, 1.165) is 6.42 Å². The first-order valence-corrected chi connectivity index (χ1v) is 7.40. The molecule has 2 heterocycles. The Morgan fingerprint density at radius 3 is 2.91 bits per heavy atom. The van der Waals surface area contributed by atoms with Gasteiger partial charge in [0.25, 0.3) is 5.56 Å². The van der Waals surface area contributed by atoms with Crippen LogP contribution in [0.15, 0.2) is 16.8 Å². The van der Waals surface area contributed by atoms with Gasteiger partial charge < -0.3 is 24.6 Å². The molecule has 7 nitrogen and oxygen atoms in total. The molecule has 1 aliphatic heterocycles. The third-order valence-electron chi connectivity index (χ3n) is 3.65. The van der Waals surface area contributed by atoms with E-state index in [0.29, 0.717) is 12.0 Å². The number of allylic oxidation sites excluding steroid dienone is 1. The quantitative estimate of drug-likeness (QED) is 0.698. The molecule has 0 bridgehead atoms. The maximum absolute atomic E-state index is 11.8. The predicted octanol–water partition coefficient (Wildman–Crippen LogP) is 0.891. The molecule has 0 unspecified atom stereocenters. The van der Waals surface area contributed by atoms with Gasteiger partial charge in [-0.3, -0.25) is 4.79 Å². The van der Waals surface area contributed by atoms with Crippen molar-refractivity contribution in [1.82, 2.24) is 9.55 Å². The topological polar surface area (TPSA) is 105 Å². The van der Waals surface area contributed by atoms with Gasteiger partial charge >= 0.3 is 0 Å². The van der Waals surface area contributed by atoms with E-state index >= 15 is 0 Å². The molecule has 0 aromatic carbocycles. The number of nitrogens with zero attached hydrogens (tertiary/aromatic N) is 2. The van der Waals surface area contributed by atoms with Crippen LogP contribution in [-0.4, -0.2) is 43.7 Å². The largest absolute Gasteiger partial charge is 0.512 e. The van der Waals surface area contributed by atoms with Gasteiger partial charge in [0.05, 0.1) is 18.5 Å². The first-order valence-electron chi connectivity index (χ1n) is 7.40. The van der Waals surface area contributed by atoms with E-state index in [2.05, 4.69) is 4.98 Å². The molecule has 0 amide bonds. The highest BCUT2D eigenvalue weighted by molar-refractivity contribution is 5.43. The molecule has 122 valence electrons. The number of aliphatic hydroxyl groups is 3. The van der Waals surface area contributed by atoms with Crippen molar-refractivity contribution in [2.45, 2.75) is 51.5 Å². The summed E-state index contributed by atoms with van der Waals surface area (Å²) in [6, 6.07) is 0. The first-order chi connectivity index (χ1) is 10.5. The van der Waals surface area contributed by atoms with Crippen LogP contribution < -0.4 is 5.56 Å². The van der Waals surface area contributed by atoms with Gasteiger partial charge in [0.15, 0.2) is 0 Å². The standard InChI is InChI=1S/C15H22N2O5/c1-3-4-10(19)5-13-16-15(21)9(2)7-17(13)14-6-11(20)12(8-18)22-14/h5,7,11-12,14,18-20H,3-4,6,8H2,1-2H3/b10-5-/t11-,12+,14+/m0/s1. The minimum Gasteiger partial charge on any atom is -0.512 e. The van der Waals surface area contributed by atoms with Gasteiger partial charge in [0.2, 0.25) is 0 Å². The fourth-order valence-electron chi connectivity index (χ4n) is 2.44. The lowest BCUT2D eigenvalue weighted by atomic mass is 10.2. The van der Waals surface area contributed by atoms with E-state index in [4.69, 9.17) is 4.74 Å². The Hall–Kier alpha value is -1.70. The van der Waals surface area contributed by atoms with Crippen molar-refractivity contribution < 1.29 is 20.1 Å². The zero-order chi connectivity index (χ0) is 16.3. The summed E-state index contributed by atoms with van der Waals surface area (Å²) in [5, 5.41) is 28.9. The van der Waals surface area contributed by atoms with Crippen molar-refractivity contribution >= 4 is 6.08 Å². The zero-order valence-electron chi connectivity index (χ0n) is 12.8. The van der Waals surface area contributed by atoms with E-state index in [-0.39, 0.29) is 30.2 Å². The third kappa shape index (κ3) is 3.55. The lowest BCUT2D eigenvalue weighted by Crippen LogP contribution is -2.24. The Balaban J connectivity index is 2.40. The molecular weight excluding hydrogens is 288 g/mol. The second-order valence-electron chi connectivity index (χ2n) is 5.50. The molecule has 1 aromatic rings. The molecule has 1 saturated heterocycles. The smallest absolute Gasteiger partial charge is 0.276 e. The monoisotopic (exact) mass is 310 g/mol. The van der Waals surface area contributed by atoms with Crippen LogP contribution in [-0.2, 0) is 4.74 Å². The number of ether oxygens (including phenoxy) is 1. The zero-order valence-corrected chi connectivity index (χ0v) is 12.8. The lowest BCUT2D eigenvalue weighted by molar-refractivity contribution is -0.0451. The summed E-state index contributed by atoms with van der Waals surface area (Å²) in [6.07, 6.45) is 2.58. The number of hydrogen-bond donors (Lipinski definition) is 3. The molecular formula is C15H22N2O5. The molecule has 1 aliphatic rings. The molecule has 2 rings (SSSR count). The van der Waals surface area contributed by atoms with Gasteiger partial charge in [-0.25, -0.2) is 0 Å². The van der Waals surface area contributed by atoms with Crippen LogP contribution in [0.2, 0.25) is 0 Å². The van der Waals surface area contributed by atoms with Crippen LogP contribution in [0, 0.1) is 6.92 Å². The summed E-state index contributed by atoms with van der Waals surface area (Å²) in [4.78, 5) is 15.7. The van der Waals surface area contributed by atoms with Crippen LogP contribution >= 0.6 is 0 Å². The SMILES string of the molecule is CCC/C(O)=C/c1nc(=O)c(C)cn1[C@H]1C[C@H](O)[C@@H](CO)O1. The predicted molar refractivity (Wildman–Crippen MR) is 80.4 cm³/mol. The number of aliphatic hydroxyl groups excluding tert-OH is 3. The Bertz CT molecular complexity index is 610. The third-order valence-corrected chi connectivity index (χ3v) is 3.65. The van der Waals surface area contributed by atoms with Crippen molar-refractivity contribution in [1.29, 1.82) is 0 Å². The Kier molecular flexibility index (Phi) is 5.33. The van der Waals surface area contributed by atoms with Gasteiger partial charge in [0.1, 0.15) is 18.2 Å². The molecule has 1 fully saturated rings. The minimum atomic E-state index is -0.782. The van der Waals surface area contributed by atoms with Gasteiger partial charge in [-0.2, -0.15) is 4.98 Å². The molecule has 22 heavy (non-hydrogen) atoms. The summed E-state index contributed by atoms with van der Waals surface area (Å²) < 4.78 is 7.21. The van der Waals surface area contributed by atoms with Gasteiger partial charge in [0, 0.05) is 30.7 Å². The second-order valence-corrected chi connectivity index (χ2v) is 5.50. The number of aromatic nitrogens is 2. The van der Waals surface area contributed by atoms with Crippen molar-refractivity contribution in [3.63, 3.8) is 0 Å². The van der Waals surface area contributed by atoms with E-state index in [1.807, 2.05) is 6.92 Å². The number of rotatable bonds is 5. The van der Waals surface area contributed by atoms with E-state index in [1.54, 1.807) is 17.7 Å². The molecule has 3 atom stereocenters. The molecule has 0 saturated carbocycles. The van der Waals surface area contributed by atoms with Crippen molar-refractivity contribution in [3.8, 4) is 0 Å². The average Bonchev–Trinajstić information content (AvgIpc) is 2.83. The lowest BCUT2D eigenvalue weighted by Gasteiger charge is -2.18. The van der Waals surface area contributed by atoms with Crippen molar-refractivity contribution in [2.24, 2.45) is 0 Å². The Morgan fingerprint density at radius 1 is 1.59 bits per heavy atom. The summed E-state index contributed by atoms with van der Waals surface area (Å²) in [5.74, 6) is 0.404. The van der Waals surface area contributed by atoms with Crippen LogP contribution in [0.5, 0.6) is 0 Å². The highest BCUT2D eigenvalue weighted by Gasteiger charge is 2.35. The van der Waals surface area contributed by atoms with Gasteiger partial charge in [-0.15, -0.1) is 0 Å². The summed E-state index contributed by atoms with van der Waals surface area (Å²) in [6.45, 7) is 3.29. The maximum Gasteiger partial charge on any atom is 0.276 e. The highest BCUT2D eigenvalue weighted by atomic mass is 16.5. The maximum atomic E-state index is 11.8. The van der Waals surface area contributed by atoms with Crippen LogP contribution in [0.3, 0.4) is 0 Å². The van der Waals surface area contributed by atoms with Crippen LogP contribution in [0.25, 0.3) is 6.08 Å². The Morgan fingerprint density at radius 2 is 2.32 bits per heavy atom. The molecule has 1 aromatic heterocycles. The van der Waals surface area contributed by atoms with Gasteiger partial charge in [-0.1, -0.05) is 6.92 Å². The van der Waals surface area contributed by atoms with Crippen LogP contribution in [0.4, 0.5) is 0 Å². The van der Waals surface area contributed by atoms with E-state index in [9.17, 15) is 20.1 Å². The van der Waals surface area contributed by atoms with Crippen molar-refractivity contribution in [2.75, 3.05) is 6.61 Å². The Labute approximate surface area is 128 Å². The molecule has 0 spiro atoms.